The lowest BCUT2D eigenvalue weighted by Gasteiger charge is -2.30. The minimum absolute atomic E-state index is 0.317. The predicted octanol–water partition coefficient (Wildman–Crippen LogP) is 1.13. The van der Waals surface area contributed by atoms with Gasteiger partial charge >= 0.3 is 0 Å². The van der Waals surface area contributed by atoms with E-state index >= 15 is 0 Å². The van der Waals surface area contributed by atoms with Crippen LogP contribution in [0.25, 0.3) is 0 Å². The molecule has 2 rings (SSSR count). The fourth-order valence-corrected chi connectivity index (χ4v) is 1.97. The quantitative estimate of drug-likeness (QED) is 0.849. The first-order valence-electron chi connectivity index (χ1n) is 6.16. The Hall–Kier alpha value is -1.20. The van der Waals surface area contributed by atoms with Gasteiger partial charge in [-0.05, 0) is 13.8 Å². The Morgan fingerprint density at radius 2 is 2.35 bits per heavy atom. The molecule has 1 atom stereocenters. The van der Waals surface area contributed by atoms with Crippen LogP contribution in [0.4, 0.5) is 5.82 Å². The molecule has 1 fully saturated rings. The normalized spacial score (nSPS) is 21.4. The van der Waals surface area contributed by atoms with Crippen LogP contribution in [0.2, 0.25) is 0 Å². The first kappa shape index (κ1) is 12.3. The third kappa shape index (κ3) is 3.64. The maximum Gasteiger partial charge on any atom is 0.144 e. The van der Waals surface area contributed by atoms with Crippen LogP contribution in [0.5, 0.6) is 0 Å². The third-order valence-electron chi connectivity index (χ3n) is 2.77. The third-order valence-corrected chi connectivity index (χ3v) is 2.77. The van der Waals surface area contributed by atoms with Gasteiger partial charge in [-0.15, -0.1) is 0 Å². The van der Waals surface area contributed by atoms with Crippen molar-refractivity contribution >= 4 is 5.82 Å². The largest absolute Gasteiger partial charge is 0.376 e. The highest BCUT2D eigenvalue weighted by molar-refractivity contribution is 5.30. The summed E-state index contributed by atoms with van der Waals surface area (Å²) in [4.78, 5) is 11.1. The summed E-state index contributed by atoms with van der Waals surface area (Å²) in [7, 11) is 0. The van der Waals surface area contributed by atoms with E-state index in [9.17, 15) is 0 Å². The molecule has 0 aromatic carbocycles. The second-order valence-corrected chi connectivity index (χ2v) is 4.34. The Morgan fingerprint density at radius 1 is 1.47 bits per heavy atom. The Bertz CT molecular complexity index is 341. The van der Waals surface area contributed by atoms with Crippen LogP contribution in [-0.2, 0) is 11.3 Å². The lowest BCUT2D eigenvalue weighted by molar-refractivity contribution is -0.0216. The molecule has 1 aliphatic rings. The zero-order valence-corrected chi connectivity index (χ0v) is 10.5. The lowest BCUT2D eigenvalue weighted by Crippen LogP contribution is -2.40. The Kier molecular flexibility index (Phi) is 4.28. The van der Waals surface area contributed by atoms with Crippen molar-refractivity contribution in [1.82, 2.24) is 14.9 Å². The number of hydrogen-bond donors (Lipinski definition) is 1. The van der Waals surface area contributed by atoms with Crippen LogP contribution in [0.15, 0.2) is 12.4 Å². The summed E-state index contributed by atoms with van der Waals surface area (Å²) in [5.74, 6) is 0.839. The van der Waals surface area contributed by atoms with E-state index in [2.05, 4.69) is 27.1 Å². The van der Waals surface area contributed by atoms with Crippen molar-refractivity contribution in [1.29, 1.82) is 0 Å². The topological polar surface area (TPSA) is 50.3 Å². The van der Waals surface area contributed by atoms with Crippen molar-refractivity contribution in [2.24, 2.45) is 0 Å². The van der Waals surface area contributed by atoms with E-state index in [-0.39, 0.29) is 0 Å². The van der Waals surface area contributed by atoms with Gasteiger partial charge in [-0.1, -0.05) is 0 Å². The summed E-state index contributed by atoms with van der Waals surface area (Å²) >= 11 is 0. The van der Waals surface area contributed by atoms with Gasteiger partial charge in [0.15, 0.2) is 0 Å². The maximum absolute atomic E-state index is 5.51. The average Bonchev–Trinajstić information content (AvgIpc) is 2.32. The number of nitrogens with one attached hydrogen (secondary N) is 1. The molecule has 0 bridgehead atoms. The molecule has 5 nitrogen and oxygen atoms in total. The highest BCUT2D eigenvalue weighted by atomic mass is 16.5. The van der Waals surface area contributed by atoms with Crippen molar-refractivity contribution < 1.29 is 4.74 Å². The van der Waals surface area contributed by atoms with Gasteiger partial charge in [-0.3, -0.25) is 9.88 Å². The van der Waals surface area contributed by atoms with E-state index in [0.29, 0.717) is 6.10 Å². The van der Waals surface area contributed by atoms with E-state index in [1.165, 1.54) is 0 Å². The van der Waals surface area contributed by atoms with Gasteiger partial charge in [-0.25, -0.2) is 4.98 Å². The van der Waals surface area contributed by atoms with Crippen molar-refractivity contribution in [3.63, 3.8) is 0 Å². The average molecular weight is 236 g/mol. The molecule has 0 aliphatic carbocycles. The molecule has 1 N–H and O–H groups in total. The molecule has 0 radical (unpaired) electrons. The minimum atomic E-state index is 0.317. The van der Waals surface area contributed by atoms with Gasteiger partial charge in [0.2, 0.25) is 0 Å². The molecule has 17 heavy (non-hydrogen) atoms. The summed E-state index contributed by atoms with van der Waals surface area (Å²) < 4.78 is 5.51. The Balaban J connectivity index is 1.89. The van der Waals surface area contributed by atoms with E-state index in [0.717, 1.165) is 44.3 Å². The van der Waals surface area contributed by atoms with E-state index in [1.54, 1.807) is 6.20 Å². The number of morpholine rings is 1. The molecule has 2 heterocycles. The lowest BCUT2D eigenvalue weighted by atomic mass is 10.3. The number of hydrogen-bond acceptors (Lipinski definition) is 5. The summed E-state index contributed by atoms with van der Waals surface area (Å²) in [6.45, 7) is 8.63. The molecule has 1 saturated heterocycles. The van der Waals surface area contributed by atoms with Gasteiger partial charge in [0, 0.05) is 26.2 Å². The predicted molar refractivity (Wildman–Crippen MR) is 66.9 cm³/mol. The zero-order valence-electron chi connectivity index (χ0n) is 10.5. The SMILES string of the molecule is CCNc1cnc(CN2CCOC(C)C2)cn1. The van der Waals surface area contributed by atoms with Crippen LogP contribution in [-0.4, -0.2) is 47.2 Å². The van der Waals surface area contributed by atoms with Crippen LogP contribution in [0, 0.1) is 0 Å². The fraction of sp³-hybridized carbons (Fsp3) is 0.667. The zero-order chi connectivity index (χ0) is 12.1. The van der Waals surface area contributed by atoms with Gasteiger partial charge in [0.1, 0.15) is 5.82 Å². The molecular formula is C12H20N4O. The molecule has 0 saturated carbocycles. The number of ether oxygens (including phenoxy) is 1. The van der Waals surface area contributed by atoms with Crippen LogP contribution < -0.4 is 5.32 Å². The molecule has 1 aromatic heterocycles. The summed E-state index contributed by atoms with van der Waals surface area (Å²) in [5.41, 5.74) is 1.01. The monoisotopic (exact) mass is 236 g/mol. The highest BCUT2D eigenvalue weighted by Crippen LogP contribution is 2.09. The van der Waals surface area contributed by atoms with Crippen LogP contribution in [0.1, 0.15) is 19.5 Å². The van der Waals surface area contributed by atoms with E-state index < -0.39 is 0 Å². The van der Waals surface area contributed by atoms with Crippen molar-refractivity contribution in [2.45, 2.75) is 26.5 Å². The molecule has 1 unspecified atom stereocenters. The summed E-state index contributed by atoms with van der Waals surface area (Å²) in [6, 6.07) is 0. The maximum atomic E-state index is 5.51. The first-order chi connectivity index (χ1) is 8.28. The first-order valence-corrected chi connectivity index (χ1v) is 6.16. The summed E-state index contributed by atoms with van der Waals surface area (Å²) in [5, 5.41) is 3.14. The molecule has 1 aliphatic heterocycles. The standard InChI is InChI=1S/C12H20N4O/c1-3-13-12-7-14-11(6-15-12)9-16-4-5-17-10(2)8-16/h6-7,10H,3-5,8-9H2,1-2H3,(H,13,15). The van der Waals surface area contributed by atoms with Crippen LogP contribution in [0.3, 0.4) is 0 Å². The van der Waals surface area contributed by atoms with E-state index in [4.69, 9.17) is 4.74 Å². The molecule has 0 amide bonds. The van der Waals surface area contributed by atoms with Gasteiger partial charge in [-0.2, -0.15) is 0 Å². The molecule has 94 valence electrons. The fourth-order valence-electron chi connectivity index (χ4n) is 1.97. The minimum Gasteiger partial charge on any atom is -0.376 e. The molecule has 5 heteroatoms. The Labute approximate surface area is 102 Å². The van der Waals surface area contributed by atoms with Gasteiger partial charge < -0.3 is 10.1 Å². The molecule has 0 spiro atoms. The number of aromatic nitrogens is 2. The number of rotatable bonds is 4. The van der Waals surface area contributed by atoms with Crippen LogP contribution >= 0.6 is 0 Å². The second kappa shape index (κ2) is 5.93. The highest BCUT2D eigenvalue weighted by Gasteiger charge is 2.16. The number of anilines is 1. The van der Waals surface area contributed by atoms with Crippen molar-refractivity contribution in [3.05, 3.63) is 18.1 Å². The van der Waals surface area contributed by atoms with Crippen molar-refractivity contribution in [2.75, 3.05) is 31.6 Å². The molecule has 1 aromatic rings. The molecular weight excluding hydrogens is 216 g/mol. The van der Waals surface area contributed by atoms with E-state index in [1.807, 2.05) is 13.1 Å². The Morgan fingerprint density at radius 3 is 3.00 bits per heavy atom. The second-order valence-electron chi connectivity index (χ2n) is 4.34. The van der Waals surface area contributed by atoms with Crippen molar-refractivity contribution in [3.8, 4) is 0 Å². The number of nitrogens with zero attached hydrogens (tertiary/aromatic N) is 3. The smallest absolute Gasteiger partial charge is 0.144 e. The van der Waals surface area contributed by atoms with Gasteiger partial charge in [0.05, 0.1) is 30.8 Å². The summed E-state index contributed by atoms with van der Waals surface area (Å²) in [6.07, 6.45) is 3.96. The van der Waals surface area contributed by atoms with Gasteiger partial charge in [0.25, 0.3) is 0 Å².